The van der Waals surface area contributed by atoms with Crippen molar-refractivity contribution in [3.63, 3.8) is 0 Å². The van der Waals surface area contributed by atoms with Crippen molar-refractivity contribution in [3.05, 3.63) is 27.7 Å². The van der Waals surface area contributed by atoms with Crippen LogP contribution in [0.5, 0.6) is 0 Å². The minimum absolute atomic E-state index is 0.142. The molecule has 0 bridgehead atoms. The first kappa shape index (κ1) is 9.87. The van der Waals surface area contributed by atoms with Gasteiger partial charge in [-0.3, -0.25) is 0 Å². The van der Waals surface area contributed by atoms with Crippen molar-refractivity contribution in [1.29, 1.82) is 0 Å². The number of nitrogens with two attached hydrogens (primary N) is 1. The molecule has 0 spiro atoms. The van der Waals surface area contributed by atoms with Gasteiger partial charge in [0.1, 0.15) is 0 Å². The van der Waals surface area contributed by atoms with Crippen molar-refractivity contribution >= 4 is 11.3 Å². The molecule has 1 aromatic rings. The molecule has 0 saturated carbocycles. The van der Waals surface area contributed by atoms with Gasteiger partial charge < -0.3 is 5.73 Å². The van der Waals surface area contributed by atoms with Crippen molar-refractivity contribution < 1.29 is 0 Å². The molecule has 0 saturated heterocycles. The van der Waals surface area contributed by atoms with Gasteiger partial charge in [0.15, 0.2) is 0 Å². The molecule has 1 heterocycles. The van der Waals surface area contributed by atoms with Crippen LogP contribution in [-0.4, -0.2) is 11.5 Å². The predicted molar refractivity (Wildman–Crippen MR) is 60.6 cm³/mol. The van der Waals surface area contributed by atoms with Crippen molar-refractivity contribution in [2.24, 2.45) is 5.73 Å². The summed E-state index contributed by atoms with van der Waals surface area (Å²) < 4.78 is 0. The second kappa shape index (κ2) is 3.48. The lowest BCUT2D eigenvalue weighted by Gasteiger charge is -2.33. The van der Waals surface area contributed by atoms with E-state index in [-0.39, 0.29) is 5.41 Å². The minimum Gasteiger partial charge on any atom is -0.330 e. The van der Waals surface area contributed by atoms with Crippen molar-refractivity contribution in [3.8, 4) is 0 Å². The lowest BCUT2D eigenvalue weighted by molar-refractivity contribution is 0.511. The molecule has 2 nitrogen and oxygen atoms in total. The Balaban J connectivity index is 2.46. The largest absolute Gasteiger partial charge is 0.330 e. The lowest BCUT2D eigenvalue weighted by atomic mass is 9.74. The molecule has 14 heavy (non-hydrogen) atoms. The van der Waals surface area contributed by atoms with E-state index in [1.165, 1.54) is 16.1 Å². The molecular weight excluding hydrogens is 192 g/mol. The molecule has 2 rings (SSSR count). The summed E-state index contributed by atoms with van der Waals surface area (Å²) in [6, 6.07) is 0. The van der Waals surface area contributed by atoms with Gasteiger partial charge in [-0.25, -0.2) is 4.98 Å². The first-order valence-electron chi connectivity index (χ1n) is 4.98. The number of hydrogen-bond donors (Lipinski definition) is 1. The number of hydrogen-bond acceptors (Lipinski definition) is 3. The third-order valence-electron chi connectivity index (χ3n) is 3.26. The molecule has 3 heteroatoms. The average Bonchev–Trinajstić information content (AvgIpc) is 2.61. The van der Waals surface area contributed by atoms with Crippen LogP contribution in [0, 0.1) is 0 Å². The summed E-state index contributed by atoms with van der Waals surface area (Å²) in [5, 5.41) is 0. The van der Waals surface area contributed by atoms with Gasteiger partial charge in [0.05, 0.1) is 11.2 Å². The monoisotopic (exact) mass is 208 g/mol. The van der Waals surface area contributed by atoms with Gasteiger partial charge in [-0.1, -0.05) is 18.6 Å². The highest BCUT2D eigenvalue weighted by atomic mass is 32.1. The first-order valence-corrected chi connectivity index (χ1v) is 5.86. The summed E-state index contributed by atoms with van der Waals surface area (Å²) in [7, 11) is 0. The standard InChI is InChI=1S/C11H16N2S/c1-8-3-4-9-10(14-7-13-9)11(8,2)5-6-12/h3,7H,4-6,12H2,1-2H3. The summed E-state index contributed by atoms with van der Waals surface area (Å²) in [5.74, 6) is 0. The van der Waals surface area contributed by atoms with Crippen LogP contribution >= 0.6 is 11.3 Å². The molecule has 0 radical (unpaired) electrons. The third-order valence-corrected chi connectivity index (χ3v) is 4.39. The smallest absolute Gasteiger partial charge is 0.0798 e. The van der Waals surface area contributed by atoms with Crippen molar-refractivity contribution in [1.82, 2.24) is 4.98 Å². The zero-order chi connectivity index (χ0) is 10.2. The fourth-order valence-electron chi connectivity index (χ4n) is 2.12. The maximum absolute atomic E-state index is 5.69. The Bertz CT molecular complexity index is 367. The second-order valence-corrected chi connectivity index (χ2v) is 4.94. The molecule has 1 aliphatic carbocycles. The van der Waals surface area contributed by atoms with Crippen LogP contribution in [0.15, 0.2) is 17.2 Å². The second-order valence-electron chi connectivity index (χ2n) is 4.09. The lowest BCUT2D eigenvalue weighted by Crippen LogP contribution is -2.29. The minimum atomic E-state index is 0.142. The quantitative estimate of drug-likeness (QED) is 0.757. The summed E-state index contributed by atoms with van der Waals surface area (Å²) >= 11 is 1.77. The van der Waals surface area contributed by atoms with Crippen LogP contribution in [0.3, 0.4) is 0 Å². The first-order chi connectivity index (χ1) is 6.68. The van der Waals surface area contributed by atoms with Gasteiger partial charge >= 0.3 is 0 Å². The molecule has 1 unspecified atom stereocenters. The SMILES string of the molecule is CC1=CCc2ncsc2C1(C)CCN. The molecule has 1 atom stereocenters. The molecule has 0 aliphatic heterocycles. The van der Waals surface area contributed by atoms with E-state index < -0.39 is 0 Å². The maximum Gasteiger partial charge on any atom is 0.0798 e. The van der Waals surface area contributed by atoms with E-state index in [2.05, 4.69) is 24.9 Å². The summed E-state index contributed by atoms with van der Waals surface area (Å²) in [5.41, 5.74) is 10.5. The highest BCUT2D eigenvalue weighted by molar-refractivity contribution is 7.10. The number of aromatic nitrogens is 1. The van der Waals surface area contributed by atoms with E-state index in [0.717, 1.165) is 19.4 Å². The molecule has 76 valence electrons. The number of nitrogens with zero attached hydrogens (tertiary/aromatic N) is 1. The van der Waals surface area contributed by atoms with Crippen molar-refractivity contribution in [2.45, 2.75) is 32.1 Å². The summed E-state index contributed by atoms with van der Waals surface area (Å²) in [6.45, 7) is 5.22. The van der Waals surface area contributed by atoms with E-state index in [1.807, 2.05) is 5.51 Å². The van der Waals surface area contributed by atoms with Gasteiger partial charge in [-0.2, -0.15) is 0 Å². The van der Waals surface area contributed by atoms with Crippen LogP contribution in [-0.2, 0) is 11.8 Å². The van der Waals surface area contributed by atoms with Gasteiger partial charge in [0.25, 0.3) is 0 Å². The Morgan fingerprint density at radius 3 is 3.14 bits per heavy atom. The Morgan fingerprint density at radius 2 is 2.43 bits per heavy atom. The molecule has 0 fully saturated rings. The summed E-state index contributed by atoms with van der Waals surface area (Å²) in [6.07, 6.45) is 4.30. The fraction of sp³-hybridized carbons (Fsp3) is 0.545. The number of thiazole rings is 1. The predicted octanol–water partition coefficient (Wildman–Crippen LogP) is 2.25. The Kier molecular flexibility index (Phi) is 2.45. The zero-order valence-electron chi connectivity index (χ0n) is 8.71. The van der Waals surface area contributed by atoms with E-state index >= 15 is 0 Å². The van der Waals surface area contributed by atoms with Gasteiger partial charge in [-0.15, -0.1) is 11.3 Å². The van der Waals surface area contributed by atoms with Gasteiger partial charge in [0, 0.05) is 16.7 Å². The molecule has 1 aromatic heterocycles. The fourth-order valence-corrected chi connectivity index (χ4v) is 3.20. The third kappa shape index (κ3) is 1.31. The van der Waals surface area contributed by atoms with E-state index in [4.69, 9.17) is 5.73 Å². The van der Waals surface area contributed by atoms with Gasteiger partial charge in [0.2, 0.25) is 0 Å². The average molecular weight is 208 g/mol. The Labute approximate surface area is 88.9 Å². The normalized spacial score (nSPS) is 25.8. The molecule has 0 aromatic carbocycles. The van der Waals surface area contributed by atoms with E-state index in [1.54, 1.807) is 11.3 Å². The van der Waals surface area contributed by atoms with E-state index in [0.29, 0.717) is 0 Å². The number of rotatable bonds is 2. The topological polar surface area (TPSA) is 38.9 Å². The zero-order valence-corrected chi connectivity index (χ0v) is 9.53. The Morgan fingerprint density at radius 1 is 1.64 bits per heavy atom. The summed E-state index contributed by atoms with van der Waals surface area (Å²) in [4.78, 5) is 5.82. The van der Waals surface area contributed by atoms with Crippen molar-refractivity contribution in [2.75, 3.05) is 6.54 Å². The molecule has 0 amide bonds. The number of allylic oxidation sites excluding steroid dienone is 2. The molecular formula is C11H16N2S. The van der Waals surface area contributed by atoms with Crippen LogP contribution in [0.2, 0.25) is 0 Å². The number of fused-ring (bicyclic) bond motifs is 1. The van der Waals surface area contributed by atoms with Crippen LogP contribution in [0.1, 0.15) is 30.8 Å². The highest BCUT2D eigenvalue weighted by Gasteiger charge is 2.34. The van der Waals surface area contributed by atoms with Crippen LogP contribution in [0.25, 0.3) is 0 Å². The van der Waals surface area contributed by atoms with Crippen LogP contribution < -0.4 is 5.73 Å². The Hall–Kier alpha value is -0.670. The maximum atomic E-state index is 5.69. The van der Waals surface area contributed by atoms with E-state index in [9.17, 15) is 0 Å². The molecule has 2 N–H and O–H groups in total. The highest BCUT2D eigenvalue weighted by Crippen LogP contribution is 2.42. The van der Waals surface area contributed by atoms with Gasteiger partial charge in [-0.05, 0) is 19.9 Å². The molecule has 1 aliphatic rings. The van der Waals surface area contributed by atoms with Crippen LogP contribution in [0.4, 0.5) is 0 Å².